The van der Waals surface area contributed by atoms with Crippen molar-refractivity contribution in [3.05, 3.63) is 34.5 Å². The Labute approximate surface area is 199 Å². The van der Waals surface area contributed by atoms with Crippen molar-refractivity contribution < 1.29 is 9.32 Å². The molecule has 2 unspecified atom stereocenters. The maximum atomic E-state index is 12.8. The number of nitrogens with one attached hydrogen (secondary N) is 1. The summed E-state index contributed by atoms with van der Waals surface area (Å²) in [6.07, 6.45) is 9.50. The molecule has 2 aromatic heterocycles. The van der Waals surface area contributed by atoms with Gasteiger partial charge in [-0.05, 0) is 38.5 Å². The van der Waals surface area contributed by atoms with Crippen molar-refractivity contribution in [1.82, 2.24) is 15.0 Å². The lowest BCUT2D eigenvalue weighted by Crippen LogP contribution is -2.61. The van der Waals surface area contributed by atoms with Gasteiger partial charge in [-0.15, -0.1) is 0 Å². The monoisotopic (exact) mass is 484 g/mol. The van der Waals surface area contributed by atoms with E-state index in [0.717, 1.165) is 50.0 Å². The third-order valence-electron chi connectivity index (χ3n) is 7.77. The molecule has 172 valence electrons. The van der Waals surface area contributed by atoms with Crippen LogP contribution in [0.3, 0.4) is 0 Å². The summed E-state index contributed by atoms with van der Waals surface area (Å²) in [4.78, 5) is 16.7. The number of aliphatic hydroxyl groups is 1. The van der Waals surface area contributed by atoms with Crippen molar-refractivity contribution in [3.63, 3.8) is 0 Å². The van der Waals surface area contributed by atoms with Crippen LogP contribution in [0.5, 0.6) is 0 Å². The van der Waals surface area contributed by atoms with E-state index >= 15 is 0 Å². The van der Waals surface area contributed by atoms with Crippen LogP contribution in [0.25, 0.3) is 0 Å². The molecule has 0 aromatic carbocycles. The van der Waals surface area contributed by atoms with Crippen molar-refractivity contribution in [1.29, 1.82) is 5.26 Å². The molecule has 4 fully saturated rings. The molecule has 2 saturated carbocycles. The van der Waals surface area contributed by atoms with Gasteiger partial charge in [-0.25, -0.2) is 15.0 Å². The molecule has 10 heteroatoms. The first-order valence-electron chi connectivity index (χ1n) is 11.5. The largest absolute Gasteiger partial charge is 0.394 e. The van der Waals surface area contributed by atoms with E-state index in [4.69, 9.17) is 16.6 Å². The molecule has 2 bridgehead atoms. The number of aryl methyl sites for hydroxylation is 1. The van der Waals surface area contributed by atoms with Crippen molar-refractivity contribution in [3.8, 4) is 6.07 Å². The summed E-state index contributed by atoms with van der Waals surface area (Å²) in [7, 11) is -1.18. The fraction of sp³-hybridized carbons (Fsp3) is 0.565. The van der Waals surface area contributed by atoms with Gasteiger partial charge < -0.3 is 15.3 Å². The number of anilines is 2. The van der Waals surface area contributed by atoms with E-state index in [-0.39, 0.29) is 24.6 Å². The highest BCUT2D eigenvalue weighted by molar-refractivity contribution is 7.85. The minimum absolute atomic E-state index is 0.00529. The maximum Gasteiger partial charge on any atom is 0.149 e. The standard InChI is InChI=1S/C23H25ClN6O2S/c24-14-10-26-21(27-11-14)13-6-15-8-16(7-13)30(15)22-17(9-25)19(29-23(12-31)3-1-4-23)20-18(28-22)2-5-33(20)32/h10-11,13,15-16,31H,1-8,12H2,(H,28,29)/t13?,15?,16?,33-/m1/s1. The minimum Gasteiger partial charge on any atom is -0.394 e. The van der Waals surface area contributed by atoms with E-state index < -0.39 is 16.3 Å². The highest BCUT2D eigenvalue weighted by atomic mass is 35.5. The molecule has 7 rings (SSSR count). The van der Waals surface area contributed by atoms with Gasteiger partial charge in [0.05, 0.1) is 44.2 Å². The number of rotatable bonds is 5. The SMILES string of the molecule is N#Cc1c(N2C3CC(c4ncc(Cl)cn4)CC2C3)nc2c(c1NC1(CO)CCC1)[S@](=O)CC2. The molecular weight excluding hydrogens is 460 g/mol. The number of nitriles is 1. The fourth-order valence-electron chi connectivity index (χ4n) is 5.88. The Bertz CT molecular complexity index is 1160. The number of fused-ring (bicyclic) bond motifs is 3. The normalized spacial score (nSPS) is 28.9. The highest BCUT2D eigenvalue weighted by Gasteiger charge is 2.49. The zero-order valence-electron chi connectivity index (χ0n) is 18.1. The number of hydrogen-bond acceptors (Lipinski definition) is 8. The third-order valence-corrected chi connectivity index (χ3v) is 9.43. The Morgan fingerprint density at radius 2 is 2.00 bits per heavy atom. The predicted molar refractivity (Wildman–Crippen MR) is 125 cm³/mol. The number of nitrogens with zero attached hydrogens (tertiary/aromatic N) is 5. The highest BCUT2D eigenvalue weighted by Crippen LogP contribution is 2.50. The zero-order chi connectivity index (χ0) is 22.7. The van der Waals surface area contributed by atoms with E-state index in [1.807, 2.05) is 0 Å². The first kappa shape index (κ1) is 21.3. The van der Waals surface area contributed by atoms with Crippen molar-refractivity contribution in [2.45, 2.75) is 73.4 Å². The van der Waals surface area contributed by atoms with Gasteiger partial charge in [0.25, 0.3) is 0 Å². The summed E-state index contributed by atoms with van der Waals surface area (Å²) in [5.41, 5.74) is 1.47. The van der Waals surface area contributed by atoms with Gasteiger partial charge in [-0.3, -0.25) is 4.21 Å². The molecule has 5 heterocycles. The molecule has 33 heavy (non-hydrogen) atoms. The molecule has 3 aliphatic heterocycles. The second-order valence-electron chi connectivity index (χ2n) is 9.67. The summed E-state index contributed by atoms with van der Waals surface area (Å²) in [5, 5.41) is 24.3. The molecule has 0 amide bonds. The Morgan fingerprint density at radius 1 is 1.27 bits per heavy atom. The summed E-state index contributed by atoms with van der Waals surface area (Å²) >= 11 is 5.95. The lowest BCUT2D eigenvalue weighted by Gasteiger charge is -2.56. The van der Waals surface area contributed by atoms with E-state index in [9.17, 15) is 14.6 Å². The number of aromatic nitrogens is 3. The van der Waals surface area contributed by atoms with Gasteiger partial charge in [0, 0.05) is 42.6 Å². The van der Waals surface area contributed by atoms with E-state index in [1.165, 1.54) is 0 Å². The maximum absolute atomic E-state index is 12.8. The van der Waals surface area contributed by atoms with E-state index in [1.54, 1.807) is 12.4 Å². The molecule has 0 spiro atoms. The Hall–Kier alpha value is -2.28. The second kappa shape index (κ2) is 7.90. The van der Waals surface area contributed by atoms with Crippen LogP contribution in [0.15, 0.2) is 17.3 Å². The molecule has 2 aromatic rings. The molecule has 2 saturated heterocycles. The summed E-state index contributed by atoms with van der Waals surface area (Å²) in [6.45, 7) is -0.00529. The number of pyridine rings is 1. The predicted octanol–water partition coefficient (Wildman–Crippen LogP) is 2.91. The van der Waals surface area contributed by atoms with Crippen LogP contribution >= 0.6 is 11.6 Å². The van der Waals surface area contributed by atoms with Crippen LogP contribution in [0.1, 0.15) is 61.5 Å². The number of halogens is 1. The summed E-state index contributed by atoms with van der Waals surface area (Å²) < 4.78 is 12.8. The molecule has 8 nitrogen and oxygen atoms in total. The van der Waals surface area contributed by atoms with Crippen molar-refractivity contribution in [2.24, 2.45) is 0 Å². The van der Waals surface area contributed by atoms with Gasteiger partial charge >= 0.3 is 0 Å². The second-order valence-corrected chi connectivity index (χ2v) is 11.6. The van der Waals surface area contributed by atoms with Crippen LogP contribution in [0.2, 0.25) is 5.02 Å². The Kier molecular flexibility index (Phi) is 5.09. The van der Waals surface area contributed by atoms with Gasteiger partial charge in [-0.1, -0.05) is 11.6 Å². The first-order chi connectivity index (χ1) is 16.0. The summed E-state index contributed by atoms with van der Waals surface area (Å²) in [5.74, 6) is 2.31. The van der Waals surface area contributed by atoms with Gasteiger partial charge in [0.2, 0.25) is 0 Å². The van der Waals surface area contributed by atoms with Crippen molar-refractivity contribution in [2.75, 3.05) is 22.6 Å². The minimum atomic E-state index is -1.18. The quantitative estimate of drug-likeness (QED) is 0.665. The fourth-order valence-corrected chi connectivity index (χ4v) is 7.35. The van der Waals surface area contributed by atoms with Crippen LogP contribution in [0, 0.1) is 11.3 Å². The molecule has 0 radical (unpaired) electrons. The summed E-state index contributed by atoms with van der Waals surface area (Å²) in [6, 6.07) is 2.90. The molecule has 2 N–H and O–H groups in total. The zero-order valence-corrected chi connectivity index (χ0v) is 19.7. The molecular formula is C23H25ClN6O2S. The van der Waals surface area contributed by atoms with Crippen LogP contribution in [-0.2, 0) is 17.2 Å². The number of aliphatic hydroxyl groups excluding tert-OH is 1. The molecule has 5 aliphatic rings. The Balaban J connectivity index is 1.36. The topological polar surface area (TPSA) is 115 Å². The molecule has 3 atom stereocenters. The van der Waals surface area contributed by atoms with Gasteiger partial charge in [-0.2, -0.15) is 5.26 Å². The van der Waals surface area contributed by atoms with E-state index in [0.29, 0.717) is 39.2 Å². The van der Waals surface area contributed by atoms with Crippen LogP contribution in [-0.4, -0.2) is 54.2 Å². The van der Waals surface area contributed by atoms with Gasteiger partial charge in [0.1, 0.15) is 23.3 Å². The molecule has 2 aliphatic carbocycles. The van der Waals surface area contributed by atoms with Crippen LogP contribution < -0.4 is 10.2 Å². The average molecular weight is 485 g/mol. The number of piperidine rings is 1. The Morgan fingerprint density at radius 3 is 2.61 bits per heavy atom. The van der Waals surface area contributed by atoms with Crippen LogP contribution in [0.4, 0.5) is 11.5 Å². The smallest absolute Gasteiger partial charge is 0.149 e. The third kappa shape index (κ3) is 3.34. The van der Waals surface area contributed by atoms with Crippen molar-refractivity contribution >= 4 is 33.9 Å². The van der Waals surface area contributed by atoms with E-state index in [2.05, 4.69) is 26.3 Å². The lowest BCUT2D eigenvalue weighted by atomic mass is 9.73. The number of hydrogen-bond donors (Lipinski definition) is 2. The lowest BCUT2D eigenvalue weighted by molar-refractivity contribution is 0.144. The average Bonchev–Trinajstić information content (AvgIpc) is 3.17. The first-order valence-corrected chi connectivity index (χ1v) is 13.2. The van der Waals surface area contributed by atoms with Gasteiger partial charge in [0.15, 0.2) is 0 Å².